The predicted octanol–water partition coefficient (Wildman–Crippen LogP) is 3.11. The fraction of sp³-hybridized carbons (Fsp3) is 0.400. The van der Waals surface area contributed by atoms with Crippen LogP contribution in [0.5, 0.6) is 0 Å². The van der Waals surface area contributed by atoms with Crippen LogP contribution in [0.4, 0.5) is 11.4 Å². The third-order valence-corrected chi connectivity index (χ3v) is 2.87. The van der Waals surface area contributed by atoms with Crippen molar-refractivity contribution in [2.45, 2.75) is 12.8 Å². The maximum Gasteiger partial charge on any atom is 0.101 e. The highest BCUT2D eigenvalue weighted by molar-refractivity contribution is 6.39. The Balaban J connectivity index is 2.33. The van der Waals surface area contributed by atoms with Crippen molar-refractivity contribution >= 4 is 34.6 Å². The van der Waals surface area contributed by atoms with Gasteiger partial charge in [0, 0.05) is 12.2 Å². The Hall–Kier alpha value is -0.640. The second kappa shape index (κ2) is 4.47. The molecule has 0 amide bonds. The smallest absolute Gasteiger partial charge is 0.101 e. The van der Waals surface area contributed by atoms with Gasteiger partial charge in [-0.25, -0.2) is 0 Å². The summed E-state index contributed by atoms with van der Waals surface area (Å²) in [4.78, 5) is 5.49. The molecule has 0 aliphatic carbocycles. The summed E-state index contributed by atoms with van der Waals surface area (Å²) in [5.74, 6) is 0. The number of nitrogen functional groups attached to an aromatic ring is 1. The minimum Gasteiger partial charge on any atom is -0.399 e. The van der Waals surface area contributed by atoms with Crippen LogP contribution in [-0.2, 0) is 4.84 Å². The lowest BCUT2D eigenvalue weighted by molar-refractivity contribution is 0.0779. The molecule has 82 valence electrons. The van der Waals surface area contributed by atoms with Gasteiger partial charge in [0.15, 0.2) is 0 Å². The number of hydrogen-bond donors (Lipinski definition) is 1. The van der Waals surface area contributed by atoms with Crippen LogP contribution in [0.3, 0.4) is 0 Å². The first-order chi connectivity index (χ1) is 7.18. The molecule has 0 aromatic heterocycles. The van der Waals surface area contributed by atoms with Crippen LogP contribution in [0.15, 0.2) is 12.1 Å². The second-order valence-electron chi connectivity index (χ2n) is 3.48. The Morgan fingerprint density at radius 3 is 2.40 bits per heavy atom. The molecule has 2 N–H and O–H groups in total. The average Bonchev–Trinajstić information content (AvgIpc) is 2.17. The molecule has 1 fully saturated rings. The zero-order chi connectivity index (χ0) is 10.8. The van der Waals surface area contributed by atoms with Crippen molar-refractivity contribution in [3.8, 4) is 0 Å². The Morgan fingerprint density at radius 2 is 1.87 bits per heavy atom. The summed E-state index contributed by atoms with van der Waals surface area (Å²) in [6.07, 6.45) is 2.15. The Morgan fingerprint density at radius 1 is 1.20 bits per heavy atom. The van der Waals surface area contributed by atoms with Gasteiger partial charge in [-0.1, -0.05) is 23.2 Å². The van der Waals surface area contributed by atoms with Gasteiger partial charge in [0.25, 0.3) is 0 Å². The summed E-state index contributed by atoms with van der Waals surface area (Å²) in [7, 11) is 0. The van der Waals surface area contributed by atoms with Crippen LogP contribution in [0.2, 0.25) is 10.0 Å². The number of anilines is 2. The van der Waals surface area contributed by atoms with E-state index in [1.54, 1.807) is 17.2 Å². The molecule has 1 aliphatic rings. The van der Waals surface area contributed by atoms with Gasteiger partial charge in [-0.2, -0.15) is 0 Å². The largest absolute Gasteiger partial charge is 0.399 e. The highest BCUT2D eigenvalue weighted by Gasteiger charge is 2.18. The third kappa shape index (κ3) is 2.30. The van der Waals surface area contributed by atoms with E-state index in [1.165, 1.54) is 0 Å². The molecule has 0 saturated carbocycles. The number of nitrogens with zero attached hydrogens (tertiary/aromatic N) is 1. The first-order valence-corrected chi connectivity index (χ1v) is 5.59. The summed E-state index contributed by atoms with van der Waals surface area (Å²) in [6.45, 7) is 1.51. The summed E-state index contributed by atoms with van der Waals surface area (Å²) in [6, 6.07) is 3.36. The molecule has 5 heteroatoms. The highest BCUT2D eigenvalue weighted by Crippen LogP contribution is 2.36. The van der Waals surface area contributed by atoms with Crippen molar-refractivity contribution < 1.29 is 4.84 Å². The normalized spacial score (nSPS) is 16.8. The molecule has 1 aromatic carbocycles. The summed E-state index contributed by atoms with van der Waals surface area (Å²) in [5.41, 5.74) is 6.91. The van der Waals surface area contributed by atoms with Gasteiger partial charge in [-0.05, 0) is 25.0 Å². The number of hydrogen-bond acceptors (Lipinski definition) is 3. The number of nitrogens with two attached hydrogens (primary N) is 1. The molecular weight excluding hydrogens is 235 g/mol. The van der Waals surface area contributed by atoms with Gasteiger partial charge in [-0.3, -0.25) is 9.90 Å². The molecule has 1 aromatic rings. The molecule has 15 heavy (non-hydrogen) atoms. The van der Waals surface area contributed by atoms with Crippen LogP contribution in [0.1, 0.15) is 12.8 Å². The van der Waals surface area contributed by atoms with Crippen molar-refractivity contribution in [3.05, 3.63) is 22.2 Å². The van der Waals surface area contributed by atoms with Crippen LogP contribution in [0.25, 0.3) is 0 Å². The van der Waals surface area contributed by atoms with Crippen molar-refractivity contribution in [1.29, 1.82) is 0 Å². The van der Waals surface area contributed by atoms with Crippen molar-refractivity contribution in [2.24, 2.45) is 0 Å². The van der Waals surface area contributed by atoms with Gasteiger partial charge in [0.05, 0.1) is 16.7 Å². The van der Waals surface area contributed by atoms with E-state index < -0.39 is 0 Å². The fourth-order valence-electron chi connectivity index (χ4n) is 1.60. The maximum atomic E-state index is 6.08. The van der Waals surface area contributed by atoms with Gasteiger partial charge < -0.3 is 5.73 Å². The lowest BCUT2D eigenvalue weighted by atomic mass is 10.2. The first kappa shape index (κ1) is 10.9. The molecule has 0 unspecified atom stereocenters. The monoisotopic (exact) mass is 246 g/mol. The number of halogens is 2. The minimum absolute atomic E-state index is 0.530. The summed E-state index contributed by atoms with van der Waals surface area (Å²) >= 11 is 12.2. The van der Waals surface area contributed by atoms with Gasteiger partial charge in [0.2, 0.25) is 0 Å². The molecule has 0 radical (unpaired) electrons. The molecule has 3 nitrogen and oxygen atoms in total. The summed E-state index contributed by atoms with van der Waals surface area (Å²) < 4.78 is 0. The van der Waals surface area contributed by atoms with Crippen molar-refractivity contribution in [1.82, 2.24) is 0 Å². The molecule has 1 aliphatic heterocycles. The fourth-order valence-corrected chi connectivity index (χ4v) is 2.29. The van der Waals surface area contributed by atoms with E-state index in [-0.39, 0.29) is 0 Å². The third-order valence-electron chi connectivity index (χ3n) is 2.29. The predicted molar refractivity (Wildman–Crippen MR) is 63.4 cm³/mol. The van der Waals surface area contributed by atoms with Crippen molar-refractivity contribution in [2.75, 3.05) is 23.9 Å². The Labute approximate surface area is 98.7 Å². The minimum atomic E-state index is 0.530. The molecule has 1 heterocycles. The van der Waals surface area contributed by atoms with Gasteiger partial charge >= 0.3 is 0 Å². The van der Waals surface area contributed by atoms with E-state index in [9.17, 15) is 0 Å². The summed E-state index contributed by atoms with van der Waals surface area (Å²) in [5, 5.41) is 2.80. The van der Waals surface area contributed by atoms with E-state index in [1.807, 2.05) is 0 Å². The van der Waals surface area contributed by atoms with E-state index >= 15 is 0 Å². The average molecular weight is 247 g/mol. The molecular formula is C10H12Cl2N2O. The first-order valence-electron chi connectivity index (χ1n) is 4.83. The Bertz CT molecular complexity index is 341. The quantitative estimate of drug-likeness (QED) is 0.775. The molecule has 2 rings (SSSR count). The number of hydroxylamine groups is 1. The molecule has 0 atom stereocenters. The standard InChI is InChI=1S/C10H12Cl2N2O/c11-8-5-7(13)6-9(12)10(8)14-3-1-2-4-15-14/h5-6H,1-4,13H2. The van der Waals surface area contributed by atoms with Gasteiger partial charge in [0.1, 0.15) is 5.69 Å². The van der Waals surface area contributed by atoms with Crippen LogP contribution >= 0.6 is 23.2 Å². The van der Waals surface area contributed by atoms with E-state index in [2.05, 4.69) is 0 Å². The lowest BCUT2D eigenvalue weighted by Crippen LogP contribution is -2.30. The van der Waals surface area contributed by atoms with Crippen LogP contribution in [0, 0.1) is 0 Å². The second-order valence-corrected chi connectivity index (χ2v) is 4.29. The van der Waals surface area contributed by atoms with E-state index in [4.69, 9.17) is 33.8 Å². The van der Waals surface area contributed by atoms with Gasteiger partial charge in [-0.15, -0.1) is 0 Å². The zero-order valence-corrected chi connectivity index (χ0v) is 9.68. The Kier molecular flexibility index (Phi) is 3.24. The van der Waals surface area contributed by atoms with E-state index in [0.717, 1.165) is 19.4 Å². The molecule has 0 bridgehead atoms. The SMILES string of the molecule is Nc1cc(Cl)c(N2CCCCO2)c(Cl)c1. The van der Waals surface area contributed by atoms with Crippen molar-refractivity contribution in [3.63, 3.8) is 0 Å². The van der Waals surface area contributed by atoms with Crippen LogP contribution in [-0.4, -0.2) is 13.2 Å². The molecule has 0 spiro atoms. The highest BCUT2D eigenvalue weighted by atomic mass is 35.5. The maximum absolute atomic E-state index is 6.08. The van der Waals surface area contributed by atoms with Crippen LogP contribution < -0.4 is 10.8 Å². The molecule has 1 saturated heterocycles. The lowest BCUT2D eigenvalue weighted by Gasteiger charge is -2.29. The topological polar surface area (TPSA) is 38.5 Å². The van der Waals surface area contributed by atoms with E-state index in [0.29, 0.717) is 28.0 Å². The number of rotatable bonds is 1. The zero-order valence-electron chi connectivity index (χ0n) is 8.17. The number of benzene rings is 1.